The van der Waals surface area contributed by atoms with Crippen LogP contribution < -0.4 is 15.2 Å². The maximum absolute atomic E-state index is 13.0. The monoisotopic (exact) mass is 426 g/mol. The maximum atomic E-state index is 13.0. The smallest absolute Gasteiger partial charge is 0.411 e. The van der Waals surface area contributed by atoms with E-state index in [1.165, 1.54) is 12.3 Å². The Morgan fingerprint density at radius 3 is 2.34 bits per heavy atom. The average molecular weight is 426 g/mol. The lowest BCUT2D eigenvalue weighted by atomic mass is 10.2. The summed E-state index contributed by atoms with van der Waals surface area (Å²) in [7, 11) is 0. The van der Waals surface area contributed by atoms with E-state index in [1.807, 2.05) is 48.5 Å². The van der Waals surface area contributed by atoms with Crippen LogP contribution in [0.5, 0.6) is 11.6 Å². The van der Waals surface area contributed by atoms with Crippen molar-refractivity contribution in [1.82, 2.24) is 15.0 Å². The zero-order valence-corrected chi connectivity index (χ0v) is 16.8. The number of nitrogens with one attached hydrogen (secondary N) is 2. The van der Waals surface area contributed by atoms with Gasteiger partial charge in [-0.2, -0.15) is 0 Å². The zero-order valence-electron chi connectivity index (χ0n) is 16.8. The number of aromatic nitrogens is 3. The Morgan fingerprint density at radius 2 is 1.59 bits per heavy atom. The highest BCUT2D eigenvalue weighted by atomic mass is 16.6. The number of hydrogen-bond donors (Lipinski definition) is 3. The number of carbonyl (C=O) groups excluding carboxylic acids is 2. The molecule has 8 heteroatoms. The fourth-order valence-electron chi connectivity index (χ4n) is 3.50. The van der Waals surface area contributed by atoms with Gasteiger partial charge in [0.25, 0.3) is 0 Å². The van der Waals surface area contributed by atoms with Gasteiger partial charge in [0.15, 0.2) is 0 Å². The Kier molecular flexibility index (Phi) is 4.79. The average Bonchev–Trinajstić information content (AvgIpc) is 3.41. The van der Waals surface area contributed by atoms with Crippen LogP contribution in [0.15, 0.2) is 72.9 Å². The van der Waals surface area contributed by atoms with Gasteiger partial charge in [-0.1, -0.05) is 30.3 Å². The van der Waals surface area contributed by atoms with Gasteiger partial charge in [0.05, 0.1) is 23.1 Å². The molecule has 0 unspecified atom stereocenters. The molecule has 0 bridgehead atoms. The maximum Gasteiger partial charge on any atom is 0.411 e. The topological polar surface area (TPSA) is 123 Å². The van der Waals surface area contributed by atoms with E-state index in [4.69, 9.17) is 15.2 Å². The Hall–Kier alpha value is -4.59. The second-order valence-electron chi connectivity index (χ2n) is 7.25. The summed E-state index contributed by atoms with van der Waals surface area (Å²) in [6.45, 7) is 0.465. The number of hydrogen-bond acceptors (Lipinski definition) is 5. The lowest BCUT2D eigenvalue weighted by Gasteiger charge is -2.06. The van der Waals surface area contributed by atoms with Crippen molar-refractivity contribution in [3.8, 4) is 11.6 Å². The van der Waals surface area contributed by atoms with E-state index in [2.05, 4.69) is 15.0 Å². The van der Waals surface area contributed by atoms with E-state index in [0.717, 1.165) is 22.2 Å². The van der Waals surface area contributed by atoms with E-state index in [9.17, 15) is 9.59 Å². The SMILES string of the molecule is NC(=O)Oc1cc2cc(C(=O)c3cc4cc(OCc5ccccc5)ccc4[nH]3)[nH]c2cn1. The lowest BCUT2D eigenvalue weighted by molar-refractivity contribution is 0.103. The molecule has 0 fully saturated rings. The first-order valence-electron chi connectivity index (χ1n) is 9.85. The van der Waals surface area contributed by atoms with E-state index in [1.54, 1.807) is 12.1 Å². The van der Waals surface area contributed by atoms with Gasteiger partial charge in [0.1, 0.15) is 12.4 Å². The fraction of sp³-hybridized carbons (Fsp3) is 0.0417. The molecule has 1 amide bonds. The third-order valence-electron chi connectivity index (χ3n) is 5.01. The van der Waals surface area contributed by atoms with E-state index in [-0.39, 0.29) is 11.7 Å². The number of primary amides is 1. The third-order valence-corrected chi connectivity index (χ3v) is 5.01. The van der Waals surface area contributed by atoms with Crippen molar-refractivity contribution in [3.05, 3.63) is 89.9 Å². The van der Waals surface area contributed by atoms with Crippen LogP contribution in [0, 0.1) is 0 Å². The Labute approximate surface area is 182 Å². The molecule has 3 heterocycles. The van der Waals surface area contributed by atoms with Crippen molar-refractivity contribution >= 4 is 33.7 Å². The molecular weight excluding hydrogens is 408 g/mol. The molecule has 2 aromatic carbocycles. The number of H-pyrrole nitrogens is 2. The minimum absolute atomic E-state index is 0.0663. The number of ketones is 1. The predicted octanol–water partition coefficient (Wildman–Crippen LogP) is 4.31. The summed E-state index contributed by atoms with van der Waals surface area (Å²) in [5.41, 5.74) is 8.38. The molecule has 0 saturated carbocycles. The highest BCUT2D eigenvalue weighted by Crippen LogP contribution is 2.25. The van der Waals surface area contributed by atoms with Gasteiger partial charge in [-0.3, -0.25) is 4.79 Å². The summed E-state index contributed by atoms with van der Waals surface area (Å²) in [6, 6.07) is 20.6. The molecule has 0 radical (unpaired) electrons. The number of nitrogens with two attached hydrogens (primary N) is 1. The molecule has 5 rings (SSSR count). The van der Waals surface area contributed by atoms with Gasteiger partial charge < -0.3 is 25.2 Å². The molecule has 8 nitrogen and oxygen atoms in total. The van der Waals surface area contributed by atoms with Crippen LogP contribution in [0.2, 0.25) is 0 Å². The summed E-state index contributed by atoms with van der Waals surface area (Å²) in [6.07, 6.45) is 0.528. The van der Waals surface area contributed by atoms with E-state index < -0.39 is 6.09 Å². The molecular formula is C24H18N4O4. The molecule has 0 aliphatic carbocycles. The van der Waals surface area contributed by atoms with Crippen molar-refractivity contribution < 1.29 is 19.1 Å². The van der Waals surface area contributed by atoms with Crippen LogP contribution in [-0.2, 0) is 6.61 Å². The second-order valence-corrected chi connectivity index (χ2v) is 7.25. The summed E-state index contributed by atoms with van der Waals surface area (Å²) in [4.78, 5) is 34.1. The summed E-state index contributed by atoms with van der Waals surface area (Å²) in [5, 5.41) is 1.54. The number of aromatic amines is 2. The van der Waals surface area contributed by atoms with Gasteiger partial charge in [-0.15, -0.1) is 0 Å². The molecule has 32 heavy (non-hydrogen) atoms. The summed E-state index contributed by atoms with van der Waals surface area (Å²) >= 11 is 0. The van der Waals surface area contributed by atoms with Crippen LogP contribution in [0.3, 0.4) is 0 Å². The standard InChI is InChI=1S/C24H18N4O4/c25-24(30)32-22-11-16-10-20(28-21(16)12-26-22)23(29)19-9-15-8-17(6-7-18(15)27-19)31-13-14-4-2-1-3-5-14/h1-12,27-28H,13H2,(H2,25,30). The van der Waals surface area contributed by atoms with Crippen LogP contribution in [-0.4, -0.2) is 26.8 Å². The van der Waals surface area contributed by atoms with Gasteiger partial charge >= 0.3 is 6.09 Å². The van der Waals surface area contributed by atoms with Crippen molar-refractivity contribution in [2.75, 3.05) is 0 Å². The molecule has 0 aliphatic heterocycles. The van der Waals surface area contributed by atoms with Gasteiger partial charge in [0.2, 0.25) is 11.7 Å². The van der Waals surface area contributed by atoms with Crippen molar-refractivity contribution in [3.63, 3.8) is 0 Å². The predicted molar refractivity (Wildman–Crippen MR) is 119 cm³/mol. The highest BCUT2D eigenvalue weighted by Gasteiger charge is 2.16. The Morgan fingerprint density at radius 1 is 0.875 bits per heavy atom. The largest absolute Gasteiger partial charge is 0.489 e. The third kappa shape index (κ3) is 3.89. The number of benzene rings is 2. The van der Waals surface area contributed by atoms with Crippen molar-refractivity contribution in [2.24, 2.45) is 5.73 Å². The van der Waals surface area contributed by atoms with Gasteiger partial charge in [-0.05, 0) is 35.9 Å². The minimum Gasteiger partial charge on any atom is -0.489 e. The van der Waals surface area contributed by atoms with Crippen LogP contribution in [0.25, 0.3) is 21.8 Å². The molecule has 0 aliphatic rings. The zero-order chi connectivity index (χ0) is 22.1. The first-order valence-corrected chi connectivity index (χ1v) is 9.85. The fourth-order valence-corrected chi connectivity index (χ4v) is 3.50. The highest BCUT2D eigenvalue weighted by molar-refractivity contribution is 6.11. The molecule has 0 spiro atoms. The number of rotatable bonds is 6. The van der Waals surface area contributed by atoms with Gasteiger partial charge in [0, 0.05) is 22.4 Å². The number of fused-ring (bicyclic) bond motifs is 2. The first-order chi connectivity index (χ1) is 15.5. The van der Waals surface area contributed by atoms with Crippen LogP contribution >= 0.6 is 0 Å². The number of pyridine rings is 1. The van der Waals surface area contributed by atoms with Gasteiger partial charge in [-0.25, -0.2) is 9.78 Å². The molecule has 4 N–H and O–H groups in total. The Balaban J connectivity index is 1.38. The molecule has 158 valence electrons. The number of carbonyl (C=O) groups is 2. The molecule has 3 aromatic heterocycles. The Bertz CT molecular complexity index is 1450. The van der Waals surface area contributed by atoms with Crippen molar-refractivity contribution in [1.29, 1.82) is 0 Å². The minimum atomic E-state index is -0.950. The van der Waals surface area contributed by atoms with Crippen LogP contribution in [0.1, 0.15) is 21.7 Å². The lowest BCUT2D eigenvalue weighted by Crippen LogP contribution is -2.16. The van der Waals surface area contributed by atoms with E-state index in [0.29, 0.717) is 28.9 Å². The quantitative estimate of drug-likeness (QED) is 0.349. The number of ether oxygens (including phenoxy) is 2. The first kappa shape index (κ1) is 19.4. The van der Waals surface area contributed by atoms with Crippen molar-refractivity contribution in [2.45, 2.75) is 6.61 Å². The number of amides is 1. The van der Waals surface area contributed by atoms with Crippen LogP contribution in [0.4, 0.5) is 4.79 Å². The van der Waals surface area contributed by atoms with E-state index >= 15 is 0 Å². The normalized spacial score (nSPS) is 11.0. The molecule has 0 atom stereocenters. The number of nitrogens with zero attached hydrogens (tertiary/aromatic N) is 1. The second kappa shape index (κ2) is 7.92. The summed E-state index contributed by atoms with van der Waals surface area (Å²) < 4.78 is 10.7. The summed E-state index contributed by atoms with van der Waals surface area (Å²) in [5.74, 6) is 0.580. The molecule has 0 saturated heterocycles. The molecule has 5 aromatic rings.